The Balaban J connectivity index is 1.54. The summed E-state index contributed by atoms with van der Waals surface area (Å²) in [6.07, 6.45) is 0. The van der Waals surface area contributed by atoms with Gasteiger partial charge < -0.3 is 9.15 Å². The molecule has 108 valence electrons. The Labute approximate surface area is 130 Å². The van der Waals surface area contributed by atoms with Crippen LogP contribution in [0.5, 0.6) is 0 Å². The molecule has 2 aromatic carbocycles. The number of carbonyl (C=O) groups is 1. The molecule has 0 spiro atoms. The van der Waals surface area contributed by atoms with Crippen LogP contribution in [0.1, 0.15) is 16.2 Å². The summed E-state index contributed by atoms with van der Waals surface area (Å²) < 4.78 is 11.9. The molecule has 4 rings (SSSR count). The number of fused-ring (bicyclic) bond motifs is 2. The van der Waals surface area contributed by atoms with Crippen molar-refractivity contribution in [1.29, 1.82) is 0 Å². The zero-order valence-corrected chi connectivity index (χ0v) is 12.3. The van der Waals surface area contributed by atoms with Gasteiger partial charge in [0.1, 0.15) is 5.52 Å². The largest absolute Gasteiger partial charge is 0.452 e. The Morgan fingerprint density at radius 3 is 2.86 bits per heavy atom. The predicted molar refractivity (Wildman–Crippen MR) is 85.0 cm³/mol. The number of ether oxygens (including phenoxy) is 1. The van der Waals surface area contributed by atoms with Crippen LogP contribution < -0.4 is 0 Å². The third-order valence-electron chi connectivity index (χ3n) is 3.37. The molecule has 0 aliphatic heterocycles. The monoisotopic (exact) mass is 309 g/mol. The van der Waals surface area contributed by atoms with Gasteiger partial charge in [-0.2, -0.15) is 0 Å². The number of para-hydroxylation sites is 2. The fourth-order valence-electron chi connectivity index (χ4n) is 2.32. The molecule has 5 heteroatoms. The van der Waals surface area contributed by atoms with E-state index in [9.17, 15) is 4.79 Å². The number of oxazole rings is 1. The zero-order chi connectivity index (χ0) is 14.9. The van der Waals surface area contributed by atoms with E-state index in [1.165, 1.54) is 11.3 Å². The van der Waals surface area contributed by atoms with Gasteiger partial charge in [-0.1, -0.05) is 30.3 Å². The molecular formula is C17H11NO3S. The van der Waals surface area contributed by atoms with E-state index in [0.717, 1.165) is 15.6 Å². The van der Waals surface area contributed by atoms with E-state index >= 15 is 0 Å². The average molecular weight is 309 g/mol. The molecule has 0 bridgehead atoms. The van der Waals surface area contributed by atoms with Crippen molar-refractivity contribution >= 4 is 38.5 Å². The van der Waals surface area contributed by atoms with E-state index in [4.69, 9.17) is 9.15 Å². The van der Waals surface area contributed by atoms with Crippen molar-refractivity contribution in [1.82, 2.24) is 4.98 Å². The van der Waals surface area contributed by atoms with E-state index < -0.39 is 0 Å². The number of carbonyl (C=O) groups excluding carboxylic acids is 1. The Morgan fingerprint density at radius 2 is 1.95 bits per heavy atom. The summed E-state index contributed by atoms with van der Waals surface area (Å²) in [6, 6.07) is 15.2. The lowest BCUT2D eigenvalue weighted by atomic mass is 10.2. The first-order valence-corrected chi connectivity index (χ1v) is 7.67. The van der Waals surface area contributed by atoms with Crippen molar-refractivity contribution in [2.75, 3.05) is 0 Å². The van der Waals surface area contributed by atoms with Crippen molar-refractivity contribution in [3.8, 4) is 0 Å². The molecule has 0 aliphatic carbocycles. The third kappa shape index (κ3) is 2.25. The summed E-state index contributed by atoms with van der Waals surface area (Å²) in [4.78, 5) is 16.5. The second-order valence-corrected chi connectivity index (χ2v) is 5.71. The number of benzene rings is 2. The second-order valence-electron chi connectivity index (χ2n) is 4.80. The molecule has 0 saturated carbocycles. The molecule has 4 nitrogen and oxygen atoms in total. The normalized spacial score (nSPS) is 11.1. The average Bonchev–Trinajstić information content (AvgIpc) is 3.16. The molecule has 2 heterocycles. The molecule has 0 saturated heterocycles. The zero-order valence-electron chi connectivity index (χ0n) is 11.5. The molecule has 0 N–H and O–H groups in total. The summed E-state index contributed by atoms with van der Waals surface area (Å²) in [6.45, 7) is 0.0255. The highest BCUT2D eigenvalue weighted by molar-refractivity contribution is 7.17. The van der Waals surface area contributed by atoms with Crippen LogP contribution >= 0.6 is 11.3 Å². The minimum atomic E-state index is -0.361. The number of thiophene rings is 1. The maximum absolute atomic E-state index is 12.2. The van der Waals surface area contributed by atoms with Crippen LogP contribution in [0.15, 0.2) is 58.3 Å². The number of nitrogens with zero attached hydrogens (tertiary/aromatic N) is 1. The van der Waals surface area contributed by atoms with Crippen LogP contribution in [0.3, 0.4) is 0 Å². The van der Waals surface area contributed by atoms with E-state index in [1.807, 2.05) is 53.9 Å². The summed E-state index contributed by atoms with van der Waals surface area (Å²) >= 11 is 1.53. The quantitative estimate of drug-likeness (QED) is 0.526. The lowest BCUT2D eigenvalue weighted by molar-refractivity contribution is 0.0443. The first-order valence-electron chi connectivity index (χ1n) is 6.79. The van der Waals surface area contributed by atoms with Crippen LogP contribution in [-0.2, 0) is 11.3 Å². The van der Waals surface area contributed by atoms with Crippen molar-refractivity contribution in [2.24, 2.45) is 0 Å². The van der Waals surface area contributed by atoms with Gasteiger partial charge in [0, 0.05) is 15.5 Å². The van der Waals surface area contributed by atoms with Crippen LogP contribution in [0.2, 0.25) is 0 Å². The molecule has 22 heavy (non-hydrogen) atoms. The van der Waals surface area contributed by atoms with E-state index in [1.54, 1.807) is 0 Å². The summed E-state index contributed by atoms with van der Waals surface area (Å²) in [5, 5.41) is 2.73. The van der Waals surface area contributed by atoms with Crippen molar-refractivity contribution in [3.05, 3.63) is 65.4 Å². The van der Waals surface area contributed by atoms with Gasteiger partial charge in [0.05, 0.1) is 5.56 Å². The number of esters is 1. The number of hydrogen-bond acceptors (Lipinski definition) is 5. The highest BCUT2D eigenvalue weighted by atomic mass is 32.1. The summed E-state index contributed by atoms with van der Waals surface area (Å²) in [5.41, 5.74) is 2.03. The maximum atomic E-state index is 12.2. The van der Waals surface area contributed by atoms with Crippen LogP contribution in [0, 0.1) is 0 Å². The fraction of sp³-hybridized carbons (Fsp3) is 0.0588. The number of rotatable bonds is 3. The first kappa shape index (κ1) is 13.0. The SMILES string of the molecule is O=C(OCc1nc2ccccc2o1)c1csc2ccccc12. The minimum Gasteiger partial charge on any atom is -0.452 e. The van der Waals surface area contributed by atoms with Gasteiger partial charge in [-0.15, -0.1) is 11.3 Å². The van der Waals surface area contributed by atoms with E-state index in [2.05, 4.69) is 4.98 Å². The van der Waals surface area contributed by atoms with Crippen LogP contribution in [0.25, 0.3) is 21.2 Å². The Morgan fingerprint density at radius 1 is 1.14 bits per heavy atom. The highest BCUT2D eigenvalue weighted by Gasteiger charge is 2.15. The molecule has 0 unspecified atom stereocenters. The molecule has 0 fully saturated rings. The molecule has 4 aromatic rings. The van der Waals surface area contributed by atoms with Gasteiger partial charge in [-0.05, 0) is 18.2 Å². The third-order valence-corrected chi connectivity index (χ3v) is 4.33. The van der Waals surface area contributed by atoms with Crippen molar-refractivity contribution in [3.63, 3.8) is 0 Å². The number of hydrogen-bond donors (Lipinski definition) is 0. The van der Waals surface area contributed by atoms with Gasteiger partial charge in [0.2, 0.25) is 5.89 Å². The minimum absolute atomic E-state index is 0.0255. The van der Waals surface area contributed by atoms with Gasteiger partial charge in [-0.3, -0.25) is 0 Å². The summed E-state index contributed by atoms with van der Waals surface area (Å²) in [5.74, 6) is 0.0359. The lowest BCUT2D eigenvalue weighted by Gasteiger charge is -2.00. The Kier molecular flexibility index (Phi) is 3.12. The molecule has 0 radical (unpaired) electrons. The predicted octanol–water partition coefficient (Wildman–Crippen LogP) is 4.40. The fourth-order valence-corrected chi connectivity index (χ4v) is 3.25. The van der Waals surface area contributed by atoms with Gasteiger partial charge >= 0.3 is 5.97 Å². The van der Waals surface area contributed by atoms with E-state index in [-0.39, 0.29) is 12.6 Å². The van der Waals surface area contributed by atoms with Crippen molar-refractivity contribution < 1.29 is 13.9 Å². The number of aromatic nitrogens is 1. The molecule has 2 aromatic heterocycles. The lowest BCUT2D eigenvalue weighted by Crippen LogP contribution is -2.04. The summed E-state index contributed by atoms with van der Waals surface area (Å²) in [7, 11) is 0. The molecule has 0 atom stereocenters. The second kappa shape index (κ2) is 5.27. The standard InChI is InChI=1S/C17H11NO3S/c19-17(12-10-22-15-8-4-1-5-11(12)15)20-9-16-18-13-6-2-3-7-14(13)21-16/h1-8,10H,9H2. The van der Waals surface area contributed by atoms with E-state index in [0.29, 0.717) is 17.0 Å². The Hall–Kier alpha value is -2.66. The molecule has 0 aliphatic rings. The van der Waals surface area contributed by atoms with Gasteiger partial charge in [0.25, 0.3) is 0 Å². The van der Waals surface area contributed by atoms with Gasteiger partial charge in [0.15, 0.2) is 12.2 Å². The van der Waals surface area contributed by atoms with Crippen LogP contribution in [0.4, 0.5) is 0 Å². The topological polar surface area (TPSA) is 52.3 Å². The molecular weight excluding hydrogens is 298 g/mol. The highest BCUT2D eigenvalue weighted by Crippen LogP contribution is 2.26. The maximum Gasteiger partial charge on any atom is 0.340 e. The molecule has 0 amide bonds. The first-order chi connectivity index (χ1) is 10.8. The smallest absolute Gasteiger partial charge is 0.340 e. The van der Waals surface area contributed by atoms with Crippen LogP contribution in [-0.4, -0.2) is 11.0 Å². The Bertz CT molecular complexity index is 937. The van der Waals surface area contributed by atoms with Crippen molar-refractivity contribution in [2.45, 2.75) is 6.61 Å². The van der Waals surface area contributed by atoms with Gasteiger partial charge in [-0.25, -0.2) is 9.78 Å².